The van der Waals surface area contributed by atoms with Gasteiger partial charge in [-0.15, -0.1) is 0 Å². The number of hydrogen-bond donors (Lipinski definition) is 2. The van der Waals surface area contributed by atoms with Crippen molar-refractivity contribution in [2.75, 3.05) is 44.6 Å². The van der Waals surface area contributed by atoms with E-state index in [2.05, 4.69) is 20.6 Å². The smallest absolute Gasteiger partial charge is 0.284 e. The Kier molecular flexibility index (Phi) is 8.26. The van der Waals surface area contributed by atoms with Crippen molar-refractivity contribution < 1.29 is 27.9 Å². The highest BCUT2D eigenvalue weighted by Crippen LogP contribution is 2.34. The minimum absolute atomic E-state index is 0.00963. The summed E-state index contributed by atoms with van der Waals surface area (Å²) in [5, 5.41) is 7.59. The minimum atomic E-state index is -0.985. The molecule has 0 spiro atoms. The van der Waals surface area contributed by atoms with Crippen molar-refractivity contribution in [1.29, 1.82) is 0 Å². The molecule has 3 aromatic rings. The fourth-order valence-electron chi connectivity index (χ4n) is 3.73. The summed E-state index contributed by atoms with van der Waals surface area (Å²) in [5.41, 5.74) is 1.20. The van der Waals surface area contributed by atoms with Gasteiger partial charge in [-0.25, -0.2) is 18.7 Å². The molecular formula is C24H24ClF2N5O4. The Hall–Kier alpha value is -3.38. The largest absolute Gasteiger partial charge is 0.494 e. The Balaban J connectivity index is 1.56. The van der Waals surface area contributed by atoms with E-state index in [4.69, 9.17) is 25.9 Å². The number of amides is 1. The molecule has 4 rings (SSSR count). The van der Waals surface area contributed by atoms with E-state index in [0.29, 0.717) is 35.6 Å². The predicted octanol–water partition coefficient (Wildman–Crippen LogP) is 4.62. The van der Waals surface area contributed by atoms with Crippen LogP contribution in [0.1, 0.15) is 6.42 Å². The van der Waals surface area contributed by atoms with E-state index in [1.165, 1.54) is 38.7 Å². The summed E-state index contributed by atoms with van der Waals surface area (Å²) < 4.78 is 38.9. The number of nitrogens with zero attached hydrogens (tertiary/aromatic N) is 3. The molecule has 1 aliphatic heterocycles. The lowest BCUT2D eigenvalue weighted by Gasteiger charge is -2.23. The summed E-state index contributed by atoms with van der Waals surface area (Å²) in [5.74, 6) is -1.85. The predicted molar refractivity (Wildman–Crippen MR) is 132 cm³/mol. The van der Waals surface area contributed by atoms with Crippen LogP contribution in [0, 0.1) is 5.82 Å². The van der Waals surface area contributed by atoms with Gasteiger partial charge >= 0.3 is 0 Å². The van der Waals surface area contributed by atoms with Crippen LogP contribution in [0.5, 0.6) is 5.75 Å². The lowest BCUT2D eigenvalue weighted by atomic mass is 10.1. The average Bonchev–Trinajstić information content (AvgIpc) is 3.41. The van der Waals surface area contributed by atoms with E-state index >= 15 is 0 Å². The van der Waals surface area contributed by atoms with Gasteiger partial charge in [-0.2, -0.15) is 5.06 Å². The zero-order valence-corrected chi connectivity index (χ0v) is 20.3. The first-order valence-corrected chi connectivity index (χ1v) is 11.4. The molecule has 1 saturated heterocycles. The number of hydroxylamine groups is 2. The summed E-state index contributed by atoms with van der Waals surface area (Å²) in [6.07, 6.45) is 3.23. The lowest BCUT2D eigenvalue weighted by Crippen LogP contribution is -2.35. The fourth-order valence-corrected chi connectivity index (χ4v) is 3.91. The van der Waals surface area contributed by atoms with Crippen LogP contribution in [-0.2, 0) is 14.4 Å². The molecule has 1 fully saturated rings. The SMILES string of the molecule is COc1cc2ncnc(Nc3ccc(F)c(Cl)c3)c2cc1NC(=O)C(F)=CCN(OC)C1CCOC1. The first kappa shape index (κ1) is 25.7. The molecule has 36 heavy (non-hydrogen) atoms. The molecule has 1 aliphatic rings. The molecule has 2 aromatic carbocycles. The number of halogens is 3. The number of carbonyl (C=O) groups is 1. The van der Waals surface area contributed by atoms with Crippen LogP contribution in [0.2, 0.25) is 5.02 Å². The van der Waals surface area contributed by atoms with Crippen molar-refractivity contribution in [3.63, 3.8) is 0 Å². The molecule has 1 aromatic heterocycles. The summed E-state index contributed by atoms with van der Waals surface area (Å²) in [6.45, 7) is 1.15. The molecule has 0 aliphatic carbocycles. The number of methoxy groups -OCH3 is 1. The maximum atomic E-state index is 14.7. The average molecular weight is 520 g/mol. The summed E-state index contributed by atoms with van der Waals surface area (Å²) in [6, 6.07) is 7.28. The van der Waals surface area contributed by atoms with E-state index in [9.17, 15) is 13.6 Å². The normalized spacial score (nSPS) is 15.9. The number of carbonyl (C=O) groups excluding carboxylic acids is 1. The molecule has 12 heteroatoms. The molecule has 0 radical (unpaired) electrons. The van der Waals surface area contributed by atoms with Crippen molar-refractivity contribution in [3.8, 4) is 5.75 Å². The third-order valence-electron chi connectivity index (χ3n) is 5.60. The number of ether oxygens (including phenoxy) is 2. The Bertz CT molecular complexity index is 1290. The molecule has 1 unspecified atom stereocenters. The van der Waals surface area contributed by atoms with Crippen LogP contribution < -0.4 is 15.4 Å². The number of anilines is 3. The maximum absolute atomic E-state index is 14.7. The lowest BCUT2D eigenvalue weighted by molar-refractivity contribution is -0.153. The fraction of sp³-hybridized carbons (Fsp3) is 0.292. The van der Waals surface area contributed by atoms with Gasteiger partial charge in [0.2, 0.25) is 0 Å². The summed E-state index contributed by atoms with van der Waals surface area (Å²) in [4.78, 5) is 26.3. The molecule has 2 heterocycles. The summed E-state index contributed by atoms with van der Waals surface area (Å²) in [7, 11) is 2.90. The number of fused-ring (bicyclic) bond motifs is 1. The second-order valence-corrected chi connectivity index (χ2v) is 8.26. The van der Waals surface area contributed by atoms with Crippen LogP contribution in [0.4, 0.5) is 26.0 Å². The number of aromatic nitrogens is 2. The van der Waals surface area contributed by atoms with Crippen LogP contribution in [0.3, 0.4) is 0 Å². The second kappa shape index (κ2) is 11.6. The van der Waals surface area contributed by atoms with Gasteiger partial charge in [0, 0.05) is 30.3 Å². The summed E-state index contributed by atoms with van der Waals surface area (Å²) >= 11 is 5.87. The van der Waals surface area contributed by atoms with Gasteiger partial charge < -0.3 is 24.9 Å². The molecule has 9 nitrogen and oxygen atoms in total. The molecule has 0 bridgehead atoms. The third-order valence-corrected chi connectivity index (χ3v) is 5.89. The number of nitrogens with one attached hydrogen (secondary N) is 2. The Labute approximate surface area is 211 Å². The molecule has 0 saturated carbocycles. The molecular weight excluding hydrogens is 496 g/mol. The van der Waals surface area contributed by atoms with Crippen LogP contribution in [-0.4, -0.2) is 61.0 Å². The zero-order valence-electron chi connectivity index (χ0n) is 19.6. The Morgan fingerprint density at radius 1 is 1.31 bits per heavy atom. The standard InChI is InChI=1S/C24H24ClF2N5O4/c1-34-22-11-20-16(23(29-13-28-20)30-14-3-4-18(26)17(25)9-14)10-21(22)31-24(33)19(27)5-7-32(35-2)15-6-8-36-12-15/h3-5,9-11,13,15H,6-8,12H2,1-2H3,(H,31,33)(H,28,29,30). The zero-order chi connectivity index (χ0) is 25.7. The van der Waals surface area contributed by atoms with Gasteiger partial charge in [0.05, 0.1) is 43.1 Å². The minimum Gasteiger partial charge on any atom is -0.494 e. The molecule has 2 N–H and O–H groups in total. The Morgan fingerprint density at radius 2 is 2.14 bits per heavy atom. The number of rotatable bonds is 9. The van der Waals surface area contributed by atoms with Gasteiger partial charge in [-0.3, -0.25) is 4.79 Å². The van der Waals surface area contributed by atoms with Gasteiger partial charge in [-0.1, -0.05) is 11.6 Å². The van der Waals surface area contributed by atoms with E-state index < -0.39 is 17.6 Å². The van der Waals surface area contributed by atoms with Crippen LogP contribution >= 0.6 is 11.6 Å². The van der Waals surface area contributed by atoms with Crippen molar-refractivity contribution in [2.24, 2.45) is 0 Å². The second-order valence-electron chi connectivity index (χ2n) is 7.85. The van der Waals surface area contributed by atoms with Crippen molar-refractivity contribution in [2.45, 2.75) is 12.5 Å². The monoisotopic (exact) mass is 519 g/mol. The van der Waals surface area contributed by atoms with Crippen molar-refractivity contribution in [1.82, 2.24) is 15.0 Å². The van der Waals surface area contributed by atoms with E-state index in [1.54, 1.807) is 17.2 Å². The highest BCUT2D eigenvalue weighted by Gasteiger charge is 2.23. The first-order chi connectivity index (χ1) is 17.4. The third kappa shape index (κ3) is 5.88. The van der Waals surface area contributed by atoms with Crippen LogP contribution in [0.15, 0.2) is 48.6 Å². The van der Waals surface area contributed by atoms with Gasteiger partial charge in [0.25, 0.3) is 5.91 Å². The van der Waals surface area contributed by atoms with Crippen molar-refractivity contribution in [3.05, 3.63) is 59.4 Å². The van der Waals surface area contributed by atoms with Gasteiger partial charge in [-0.05, 0) is 36.8 Å². The molecule has 190 valence electrons. The van der Waals surface area contributed by atoms with Crippen molar-refractivity contribution >= 4 is 45.6 Å². The van der Waals surface area contributed by atoms with Gasteiger partial charge in [0.1, 0.15) is 23.7 Å². The first-order valence-electron chi connectivity index (χ1n) is 11.0. The van der Waals surface area contributed by atoms with E-state index in [0.717, 1.165) is 12.5 Å². The van der Waals surface area contributed by atoms with Crippen LogP contribution in [0.25, 0.3) is 10.9 Å². The highest BCUT2D eigenvalue weighted by atomic mass is 35.5. The quantitative estimate of drug-likeness (QED) is 0.312. The molecule has 1 amide bonds. The van der Waals surface area contributed by atoms with E-state index in [1.807, 2.05) is 0 Å². The maximum Gasteiger partial charge on any atom is 0.284 e. The molecule has 1 atom stereocenters. The number of benzene rings is 2. The Morgan fingerprint density at radius 3 is 2.83 bits per heavy atom. The van der Waals surface area contributed by atoms with E-state index in [-0.39, 0.29) is 29.0 Å². The number of hydrogen-bond acceptors (Lipinski definition) is 8. The topological polar surface area (TPSA) is 97.8 Å². The highest BCUT2D eigenvalue weighted by molar-refractivity contribution is 6.31. The van der Waals surface area contributed by atoms with Gasteiger partial charge in [0.15, 0.2) is 5.83 Å².